The molecule has 0 atom stereocenters. The highest BCUT2D eigenvalue weighted by Crippen LogP contribution is 2.28. The Balaban J connectivity index is 1.56. The number of nitrogens with zero attached hydrogens (tertiary/aromatic N) is 3. The minimum Gasteiger partial charge on any atom is -0.467 e. The van der Waals surface area contributed by atoms with Gasteiger partial charge in [-0.1, -0.05) is 30.3 Å². The third kappa shape index (κ3) is 3.58. The molecule has 1 aliphatic rings. The van der Waals surface area contributed by atoms with Crippen LogP contribution in [0.1, 0.15) is 30.0 Å². The molecular formula is C17H21N3O. The van der Waals surface area contributed by atoms with Crippen molar-refractivity contribution in [2.75, 3.05) is 20.2 Å². The Morgan fingerprint density at radius 1 is 1.14 bits per heavy atom. The summed E-state index contributed by atoms with van der Waals surface area (Å²) < 4.78 is 5.08. The normalized spacial score (nSPS) is 16.8. The maximum absolute atomic E-state index is 5.08. The highest BCUT2D eigenvalue weighted by molar-refractivity contribution is 5.20. The fraction of sp³-hybridized carbons (Fsp3) is 0.412. The van der Waals surface area contributed by atoms with E-state index < -0.39 is 0 Å². The molecule has 0 amide bonds. The van der Waals surface area contributed by atoms with Crippen LogP contribution < -0.4 is 4.74 Å². The maximum atomic E-state index is 5.08. The van der Waals surface area contributed by atoms with Gasteiger partial charge >= 0.3 is 6.01 Å². The topological polar surface area (TPSA) is 38.2 Å². The van der Waals surface area contributed by atoms with Gasteiger partial charge in [0.1, 0.15) is 0 Å². The smallest absolute Gasteiger partial charge is 0.316 e. The Morgan fingerprint density at radius 3 is 2.62 bits per heavy atom. The second-order valence-electron chi connectivity index (χ2n) is 5.50. The van der Waals surface area contributed by atoms with E-state index in [4.69, 9.17) is 4.74 Å². The molecule has 0 saturated carbocycles. The van der Waals surface area contributed by atoms with E-state index >= 15 is 0 Å². The van der Waals surface area contributed by atoms with Crippen molar-refractivity contribution in [3.63, 3.8) is 0 Å². The molecule has 110 valence electrons. The Labute approximate surface area is 125 Å². The van der Waals surface area contributed by atoms with Crippen LogP contribution in [-0.4, -0.2) is 35.1 Å². The van der Waals surface area contributed by atoms with Crippen molar-refractivity contribution in [1.29, 1.82) is 0 Å². The molecule has 1 aliphatic heterocycles. The number of benzene rings is 1. The van der Waals surface area contributed by atoms with Gasteiger partial charge < -0.3 is 4.74 Å². The molecule has 21 heavy (non-hydrogen) atoms. The monoisotopic (exact) mass is 283 g/mol. The lowest BCUT2D eigenvalue weighted by Crippen LogP contribution is -2.32. The predicted octanol–water partition coefficient (Wildman–Crippen LogP) is 2.86. The molecule has 1 saturated heterocycles. The standard InChI is InChI=1S/C17H21N3O/c1-21-17-18-10-7-16(19-17)13-20-11-8-15(9-12-20)14-5-3-2-4-6-14/h2-7,10,15H,8-9,11-13H2,1H3. The Bertz CT molecular complexity index is 565. The van der Waals surface area contributed by atoms with Crippen LogP contribution in [0.4, 0.5) is 0 Å². The van der Waals surface area contributed by atoms with E-state index in [1.54, 1.807) is 13.3 Å². The number of piperidine rings is 1. The van der Waals surface area contributed by atoms with Crippen molar-refractivity contribution >= 4 is 0 Å². The SMILES string of the molecule is COc1nccc(CN2CCC(c3ccccc3)CC2)n1. The van der Waals surface area contributed by atoms with Crippen LogP contribution in [0.15, 0.2) is 42.6 Å². The minimum atomic E-state index is 0.451. The molecule has 0 unspecified atom stereocenters. The lowest BCUT2D eigenvalue weighted by atomic mass is 9.89. The van der Waals surface area contributed by atoms with Gasteiger partial charge in [0.15, 0.2) is 0 Å². The molecule has 1 aromatic carbocycles. The number of hydrogen-bond donors (Lipinski definition) is 0. The van der Waals surface area contributed by atoms with E-state index in [9.17, 15) is 0 Å². The van der Waals surface area contributed by atoms with Crippen LogP contribution >= 0.6 is 0 Å². The van der Waals surface area contributed by atoms with Crippen molar-refractivity contribution < 1.29 is 4.74 Å². The van der Waals surface area contributed by atoms with Crippen LogP contribution in [0, 0.1) is 0 Å². The van der Waals surface area contributed by atoms with Crippen molar-refractivity contribution in [3.8, 4) is 6.01 Å². The quantitative estimate of drug-likeness (QED) is 0.865. The van der Waals surface area contributed by atoms with Crippen LogP contribution in [0.25, 0.3) is 0 Å². The first kappa shape index (κ1) is 14.0. The molecule has 0 bridgehead atoms. The lowest BCUT2D eigenvalue weighted by Gasteiger charge is -2.31. The molecule has 2 heterocycles. The van der Waals surface area contributed by atoms with E-state index in [0.29, 0.717) is 11.9 Å². The van der Waals surface area contributed by atoms with E-state index in [2.05, 4.69) is 45.2 Å². The van der Waals surface area contributed by atoms with Crippen molar-refractivity contribution in [2.24, 2.45) is 0 Å². The van der Waals surface area contributed by atoms with Gasteiger partial charge in [0, 0.05) is 12.7 Å². The molecule has 1 aromatic heterocycles. The minimum absolute atomic E-state index is 0.451. The second-order valence-corrected chi connectivity index (χ2v) is 5.50. The molecule has 1 fully saturated rings. The first-order chi connectivity index (χ1) is 10.3. The molecule has 0 spiro atoms. The van der Waals surface area contributed by atoms with E-state index in [1.807, 2.05) is 6.07 Å². The number of ether oxygens (including phenoxy) is 1. The fourth-order valence-electron chi connectivity index (χ4n) is 2.94. The molecule has 0 N–H and O–H groups in total. The molecule has 4 heteroatoms. The zero-order valence-electron chi connectivity index (χ0n) is 12.4. The number of hydrogen-bond acceptors (Lipinski definition) is 4. The molecular weight excluding hydrogens is 262 g/mol. The average molecular weight is 283 g/mol. The van der Waals surface area contributed by atoms with Crippen molar-refractivity contribution in [2.45, 2.75) is 25.3 Å². The van der Waals surface area contributed by atoms with Gasteiger partial charge in [0.05, 0.1) is 12.8 Å². The number of methoxy groups -OCH3 is 1. The molecule has 3 rings (SSSR count). The van der Waals surface area contributed by atoms with Gasteiger partial charge in [-0.05, 0) is 43.5 Å². The third-order valence-electron chi connectivity index (χ3n) is 4.12. The molecule has 0 aliphatic carbocycles. The largest absolute Gasteiger partial charge is 0.467 e. The van der Waals surface area contributed by atoms with Crippen molar-refractivity contribution in [3.05, 3.63) is 53.9 Å². The van der Waals surface area contributed by atoms with Crippen LogP contribution in [0.3, 0.4) is 0 Å². The summed E-state index contributed by atoms with van der Waals surface area (Å²) in [5, 5.41) is 0. The average Bonchev–Trinajstić information content (AvgIpc) is 2.56. The first-order valence-corrected chi connectivity index (χ1v) is 7.48. The summed E-state index contributed by atoms with van der Waals surface area (Å²) in [6.07, 6.45) is 4.19. The van der Waals surface area contributed by atoms with Crippen LogP contribution in [-0.2, 0) is 6.54 Å². The summed E-state index contributed by atoms with van der Waals surface area (Å²) in [4.78, 5) is 10.9. The van der Waals surface area contributed by atoms with Gasteiger partial charge in [-0.25, -0.2) is 4.98 Å². The zero-order valence-corrected chi connectivity index (χ0v) is 12.4. The summed E-state index contributed by atoms with van der Waals surface area (Å²) in [5.74, 6) is 0.697. The van der Waals surface area contributed by atoms with Crippen LogP contribution in [0.2, 0.25) is 0 Å². The zero-order chi connectivity index (χ0) is 14.5. The Kier molecular flexibility index (Phi) is 4.46. The van der Waals surface area contributed by atoms with Gasteiger partial charge in [-0.15, -0.1) is 0 Å². The first-order valence-electron chi connectivity index (χ1n) is 7.48. The summed E-state index contributed by atoms with van der Waals surface area (Å²) in [6.45, 7) is 3.11. The summed E-state index contributed by atoms with van der Waals surface area (Å²) in [5.41, 5.74) is 2.50. The summed E-state index contributed by atoms with van der Waals surface area (Å²) in [6, 6.07) is 13.3. The lowest BCUT2D eigenvalue weighted by molar-refractivity contribution is 0.201. The molecule has 0 radical (unpaired) electrons. The van der Waals surface area contributed by atoms with Crippen molar-refractivity contribution in [1.82, 2.24) is 14.9 Å². The second kappa shape index (κ2) is 6.68. The van der Waals surface area contributed by atoms with Crippen LogP contribution in [0.5, 0.6) is 6.01 Å². The van der Waals surface area contributed by atoms with E-state index in [0.717, 1.165) is 25.3 Å². The predicted molar refractivity (Wildman–Crippen MR) is 82.3 cm³/mol. The maximum Gasteiger partial charge on any atom is 0.316 e. The third-order valence-corrected chi connectivity index (χ3v) is 4.12. The van der Waals surface area contributed by atoms with Gasteiger partial charge in [0.25, 0.3) is 0 Å². The van der Waals surface area contributed by atoms with E-state index in [1.165, 1.54) is 18.4 Å². The summed E-state index contributed by atoms with van der Waals surface area (Å²) >= 11 is 0. The highest BCUT2D eigenvalue weighted by atomic mass is 16.5. The molecule has 2 aromatic rings. The van der Waals surface area contributed by atoms with Gasteiger partial charge in [0.2, 0.25) is 0 Å². The Hall–Kier alpha value is -1.94. The molecule has 4 nitrogen and oxygen atoms in total. The summed E-state index contributed by atoms with van der Waals surface area (Å²) in [7, 11) is 1.60. The number of aromatic nitrogens is 2. The number of likely N-dealkylation sites (tertiary alicyclic amines) is 1. The van der Waals surface area contributed by atoms with Gasteiger partial charge in [-0.3, -0.25) is 4.90 Å². The van der Waals surface area contributed by atoms with Gasteiger partial charge in [-0.2, -0.15) is 4.98 Å². The Morgan fingerprint density at radius 2 is 1.90 bits per heavy atom. The number of rotatable bonds is 4. The highest BCUT2D eigenvalue weighted by Gasteiger charge is 2.20. The fourth-order valence-corrected chi connectivity index (χ4v) is 2.94. The van der Waals surface area contributed by atoms with E-state index in [-0.39, 0.29) is 0 Å².